The summed E-state index contributed by atoms with van der Waals surface area (Å²) in [4.78, 5) is 1.83. The van der Waals surface area contributed by atoms with Crippen LogP contribution in [-0.4, -0.2) is 15.3 Å². The molecule has 0 amide bonds. The van der Waals surface area contributed by atoms with Gasteiger partial charge in [-0.1, -0.05) is 36.4 Å². The van der Waals surface area contributed by atoms with Crippen LogP contribution in [0.1, 0.15) is 22.3 Å². The zero-order valence-corrected chi connectivity index (χ0v) is 19.1. The summed E-state index contributed by atoms with van der Waals surface area (Å²) in [7, 11) is 0. The van der Waals surface area contributed by atoms with Gasteiger partial charge >= 0.3 is 0 Å². The summed E-state index contributed by atoms with van der Waals surface area (Å²) < 4.78 is 6.12. The minimum Gasteiger partial charge on any atom is -0.507 e. The molecular weight excluding hydrogens is 414 g/mol. The topological polar surface area (TPSA) is 73.2 Å². The van der Waals surface area contributed by atoms with E-state index in [0.29, 0.717) is 34.1 Å². The summed E-state index contributed by atoms with van der Waals surface area (Å²) in [6.45, 7) is 7.48. The van der Waals surface area contributed by atoms with Gasteiger partial charge in [0.25, 0.3) is 0 Å². The Morgan fingerprint density at radius 1 is 0.636 bits per heavy atom. The molecule has 33 heavy (non-hydrogen) atoms. The van der Waals surface area contributed by atoms with Crippen molar-refractivity contribution in [3.8, 4) is 28.7 Å². The van der Waals surface area contributed by atoms with E-state index in [0.717, 1.165) is 16.7 Å². The number of anilines is 3. The molecule has 0 aromatic heterocycles. The molecule has 4 aromatic carbocycles. The fourth-order valence-corrected chi connectivity index (χ4v) is 3.98. The summed E-state index contributed by atoms with van der Waals surface area (Å²) in [6.07, 6.45) is 0. The van der Waals surface area contributed by atoms with Crippen LogP contribution in [0.3, 0.4) is 0 Å². The van der Waals surface area contributed by atoms with Gasteiger partial charge in [0.05, 0.1) is 17.1 Å². The molecule has 0 aliphatic heterocycles. The van der Waals surface area contributed by atoms with Gasteiger partial charge in [-0.15, -0.1) is 0 Å². The quantitative estimate of drug-likeness (QED) is 0.303. The number of benzene rings is 4. The third-order valence-electron chi connectivity index (χ3n) is 5.77. The molecule has 0 radical (unpaired) electrons. The number of nitrogens with zero attached hydrogens (tertiary/aromatic N) is 1. The normalized spacial score (nSPS) is 10.8. The maximum Gasteiger partial charge on any atom is 0.139 e. The van der Waals surface area contributed by atoms with Crippen LogP contribution in [0.15, 0.2) is 72.8 Å². The van der Waals surface area contributed by atoms with Gasteiger partial charge in [0.2, 0.25) is 0 Å². The van der Waals surface area contributed by atoms with Crippen molar-refractivity contribution in [2.75, 3.05) is 4.90 Å². The number of phenols is 3. The predicted molar refractivity (Wildman–Crippen MR) is 132 cm³/mol. The number of phenolic OH excluding ortho intramolecular Hbond substituents is 3. The van der Waals surface area contributed by atoms with E-state index in [9.17, 15) is 15.3 Å². The zero-order valence-electron chi connectivity index (χ0n) is 19.1. The average molecular weight is 442 g/mol. The van der Waals surface area contributed by atoms with Crippen LogP contribution in [0.5, 0.6) is 28.7 Å². The van der Waals surface area contributed by atoms with Crippen LogP contribution >= 0.6 is 0 Å². The van der Waals surface area contributed by atoms with E-state index in [2.05, 4.69) is 0 Å². The highest BCUT2D eigenvalue weighted by molar-refractivity contribution is 5.86. The highest BCUT2D eigenvalue weighted by Gasteiger charge is 2.23. The van der Waals surface area contributed by atoms with Crippen LogP contribution in [0.25, 0.3) is 0 Å². The molecule has 3 N–H and O–H groups in total. The van der Waals surface area contributed by atoms with Crippen molar-refractivity contribution in [2.24, 2.45) is 0 Å². The Morgan fingerprint density at radius 3 is 1.79 bits per heavy atom. The predicted octanol–water partition coefficient (Wildman–Crippen LogP) is 7.30. The lowest BCUT2D eigenvalue weighted by atomic mass is 10.1. The first-order valence-corrected chi connectivity index (χ1v) is 10.7. The molecule has 0 heterocycles. The lowest BCUT2D eigenvalue weighted by molar-refractivity contribution is 0.445. The Kier molecular flexibility index (Phi) is 5.88. The third-order valence-corrected chi connectivity index (χ3v) is 5.77. The summed E-state index contributed by atoms with van der Waals surface area (Å²) in [6, 6.07) is 21.7. The van der Waals surface area contributed by atoms with Gasteiger partial charge in [-0.3, -0.25) is 0 Å². The van der Waals surface area contributed by atoms with Gasteiger partial charge < -0.3 is 25.0 Å². The zero-order chi connectivity index (χ0) is 23.7. The van der Waals surface area contributed by atoms with E-state index < -0.39 is 0 Å². The molecular formula is C28H27NO4. The van der Waals surface area contributed by atoms with Gasteiger partial charge in [-0.25, -0.2) is 0 Å². The fraction of sp³-hybridized carbons (Fsp3) is 0.143. The van der Waals surface area contributed by atoms with Gasteiger partial charge in [0.1, 0.15) is 28.7 Å². The summed E-state index contributed by atoms with van der Waals surface area (Å²) in [5.74, 6) is 1.52. The summed E-state index contributed by atoms with van der Waals surface area (Å²) >= 11 is 0. The molecule has 0 unspecified atom stereocenters. The molecule has 4 aromatic rings. The van der Waals surface area contributed by atoms with Gasteiger partial charge in [0.15, 0.2) is 0 Å². The molecule has 0 spiro atoms. The Hall–Kier alpha value is -4.12. The van der Waals surface area contributed by atoms with Crippen molar-refractivity contribution in [1.29, 1.82) is 0 Å². The number of ether oxygens (including phenoxy) is 1. The molecule has 0 aliphatic rings. The SMILES string of the molecule is Cc1ccc(Oc2cccc(N(c3c(C)cccc3O)c3c(C)cccc3O)c2)c(C)c1O. The van der Waals surface area contributed by atoms with Gasteiger partial charge in [0, 0.05) is 11.6 Å². The molecule has 4 rings (SSSR count). The van der Waals surface area contributed by atoms with Crippen molar-refractivity contribution in [1.82, 2.24) is 0 Å². The second-order valence-electron chi connectivity index (χ2n) is 8.17. The smallest absolute Gasteiger partial charge is 0.139 e. The number of para-hydroxylation sites is 2. The van der Waals surface area contributed by atoms with Crippen molar-refractivity contribution in [2.45, 2.75) is 27.7 Å². The molecule has 5 nitrogen and oxygen atoms in total. The van der Waals surface area contributed by atoms with Crippen molar-refractivity contribution in [3.63, 3.8) is 0 Å². The standard InChI is InChI=1S/C28H27NO4/c1-17-8-5-12-23(30)26(17)29(27-18(2)9-6-13-24(27)31)21-10-7-11-22(16-21)33-25-15-14-19(3)28(32)20(25)4/h5-16,30-32H,1-4H3. The first kappa shape index (κ1) is 22.1. The Morgan fingerprint density at radius 2 is 1.21 bits per heavy atom. The van der Waals surface area contributed by atoms with Crippen LogP contribution in [0, 0.1) is 27.7 Å². The number of hydrogen-bond acceptors (Lipinski definition) is 5. The van der Waals surface area contributed by atoms with Crippen molar-refractivity contribution in [3.05, 3.63) is 95.1 Å². The number of hydrogen-bond donors (Lipinski definition) is 3. The summed E-state index contributed by atoms with van der Waals surface area (Å²) in [5.41, 5.74) is 4.99. The van der Waals surface area contributed by atoms with Crippen LogP contribution in [0.4, 0.5) is 17.1 Å². The third kappa shape index (κ3) is 4.17. The molecule has 0 atom stereocenters. The average Bonchev–Trinajstić information content (AvgIpc) is 2.78. The fourth-order valence-electron chi connectivity index (χ4n) is 3.98. The number of aromatic hydroxyl groups is 3. The monoisotopic (exact) mass is 441 g/mol. The lowest BCUT2D eigenvalue weighted by Gasteiger charge is -2.29. The lowest BCUT2D eigenvalue weighted by Crippen LogP contribution is -2.13. The minimum atomic E-state index is 0.100. The van der Waals surface area contributed by atoms with Gasteiger partial charge in [-0.2, -0.15) is 0 Å². The van der Waals surface area contributed by atoms with E-state index in [1.54, 1.807) is 24.3 Å². The van der Waals surface area contributed by atoms with Crippen LogP contribution in [0.2, 0.25) is 0 Å². The molecule has 168 valence electrons. The summed E-state index contributed by atoms with van der Waals surface area (Å²) in [5, 5.41) is 31.8. The molecule has 0 saturated carbocycles. The van der Waals surface area contributed by atoms with Crippen LogP contribution in [-0.2, 0) is 0 Å². The largest absolute Gasteiger partial charge is 0.507 e. The Bertz CT molecular complexity index is 1240. The molecule has 0 fully saturated rings. The van der Waals surface area contributed by atoms with Crippen molar-refractivity contribution < 1.29 is 20.1 Å². The van der Waals surface area contributed by atoms with E-state index in [1.807, 2.05) is 81.1 Å². The second kappa shape index (κ2) is 8.79. The van der Waals surface area contributed by atoms with E-state index in [4.69, 9.17) is 4.74 Å². The maximum atomic E-state index is 10.8. The molecule has 0 saturated heterocycles. The van der Waals surface area contributed by atoms with E-state index in [-0.39, 0.29) is 17.2 Å². The number of aryl methyl sites for hydroxylation is 3. The molecule has 0 bridgehead atoms. The Labute approximate surface area is 193 Å². The molecule has 5 heteroatoms. The minimum absolute atomic E-state index is 0.100. The van der Waals surface area contributed by atoms with Crippen molar-refractivity contribution >= 4 is 17.1 Å². The maximum absolute atomic E-state index is 10.8. The highest BCUT2D eigenvalue weighted by Crippen LogP contribution is 2.47. The highest BCUT2D eigenvalue weighted by atomic mass is 16.5. The first-order valence-electron chi connectivity index (χ1n) is 10.7. The first-order chi connectivity index (χ1) is 15.8. The van der Waals surface area contributed by atoms with Crippen LogP contribution < -0.4 is 9.64 Å². The number of rotatable bonds is 5. The van der Waals surface area contributed by atoms with Gasteiger partial charge in [-0.05, 0) is 74.7 Å². The Balaban J connectivity index is 1.87. The van der Waals surface area contributed by atoms with E-state index in [1.165, 1.54) is 0 Å². The second-order valence-corrected chi connectivity index (χ2v) is 8.17. The molecule has 0 aliphatic carbocycles. The van der Waals surface area contributed by atoms with E-state index >= 15 is 0 Å².